The fraction of sp³-hybridized carbons (Fsp3) is 0.308. The molecule has 0 N–H and O–H groups in total. The van der Waals surface area contributed by atoms with Crippen LogP contribution >= 0.6 is 23.4 Å². The maximum Gasteiger partial charge on any atom is 0.338 e. The number of halogens is 2. The highest BCUT2D eigenvalue weighted by atomic mass is 35.5. The zero-order chi connectivity index (χ0) is 23.8. The highest BCUT2D eigenvalue weighted by molar-refractivity contribution is 7.99. The van der Waals surface area contributed by atoms with Gasteiger partial charge >= 0.3 is 5.97 Å². The molecule has 34 heavy (non-hydrogen) atoms. The largest absolute Gasteiger partial charge is 0.462 e. The predicted molar refractivity (Wildman–Crippen MR) is 133 cm³/mol. The molecule has 1 aliphatic carbocycles. The zero-order valence-corrected chi connectivity index (χ0v) is 20.6. The minimum absolute atomic E-state index is 0.0930. The Morgan fingerprint density at radius 2 is 2.09 bits per heavy atom. The van der Waals surface area contributed by atoms with Crippen molar-refractivity contribution in [3.63, 3.8) is 0 Å². The highest BCUT2D eigenvalue weighted by Crippen LogP contribution is 2.51. The molecule has 176 valence electrons. The third kappa shape index (κ3) is 4.23. The summed E-state index contributed by atoms with van der Waals surface area (Å²) in [6.07, 6.45) is 6.81. The number of esters is 1. The molecule has 2 aromatic carbocycles. The molecular formula is C26H25ClFN3O2S. The zero-order valence-electron chi connectivity index (χ0n) is 19.1. The maximum absolute atomic E-state index is 15.5. The Balaban J connectivity index is 1.68. The van der Waals surface area contributed by atoms with Gasteiger partial charge in [0.15, 0.2) is 5.82 Å². The van der Waals surface area contributed by atoms with E-state index in [0.29, 0.717) is 23.6 Å². The number of hydrogen-bond acceptors (Lipinski definition) is 4. The second-order valence-corrected chi connectivity index (χ2v) is 9.88. The Hall–Kier alpha value is -2.77. The van der Waals surface area contributed by atoms with Crippen LogP contribution in [-0.2, 0) is 11.3 Å². The third-order valence-corrected chi connectivity index (χ3v) is 7.29. The molecule has 0 radical (unpaired) electrons. The Kier molecular flexibility index (Phi) is 6.40. The van der Waals surface area contributed by atoms with Gasteiger partial charge in [-0.05, 0) is 56.5 Å². The smallest absolute Gasteiger partial charge is 0.338 e. The number of fused-ring (bicyclic) bond motifs is 1. The van der Waals surface area contributed by atoms with Crippen molar-refractivity contribution < 1.29 is 13.9 Å². The van der Waals surface area contributed by atoms with Gasteiger partial charge in [-0.2, -0.15) is 5.10 Å². The molecule has 2 aromatic heterocycles. The molecular weight excluding hydrogens is 473 g/mol. The predicted octanol–water partition coefficient (Wildman–Crippen LogP) is 7.23. The van der Waals surface area contributed by atoms with Crippen molar-refractivity contribution in [1.82, 2.24) is 14.3 Å². The summed E-state index contributed by atoms with van der Waals surface area (Å²) in [7, 11) is 0. The van der Waals surface area contributed by atoms with Crippen molar-refractivity contribution in [3.8, 4) is 5.69 Å². The topological polar surface area (TPSA) is 49.0 Å². The number of benzene rings is 2. The Bertz CT molecular complexity index is 1380. The molecule has 5 nitrogen and oxygen atoms in total. The van der Waals surface area contributed by atoms with Crippen LogP contribution in [0.4, 0.5) is 4.39 Å². The van der Waals surface area contributed by atoms with Crippen LogP contribution in [0.15, 0.2) is 58.6 Å². The number of aromatic nitrogens is 3. The van der Waals surface area contributed by atoms with Gasteiger partial charge in [-0.15, -0.1) is 0 Å². The van der Waals surface area contributed by atoms with E-state index in [1.165, 1.54) is 0 Å². The molecule has 1 aliphatic rings. The van der Waals surface area contributed by atoms with Crippen LogP contribution in [0.2, 0.25) is 5.02 Å². The summed E-state index contributed by atoms with van der Waals surface area (Å²) in [6.45, 7) is 5.00. The summed E-state index contributed by atoms with van der Waals surface area (Å²) < 4.78 is 24.6. The SMILES string of the molecule is CCCn1cc(-n2c(C3CC3)c(Sc3cccc(C(=O)OCC)c3)c3ccc(Cl)c(F)c32)cn1. The van der Waals surface area contributed by atoms with Crippen molar-refractivity contribution in [2.75, 3.05) is 6.61 Å². The fourth-order valence-corrected chi connectivity index (χ4v) is 5.60. The second-order valence-electron chi connectivity index (χ2n) is 8.39. The Morgan fingerprint density at radius 3 is 2.82 bits per heavy atom. The first-order chi connectivity index (χ1) is 16.5. The number of rotatable bonds is 8. The first kappa shape index (κ1) is 23.0. The lowest BCUT2D eigenvalue weighted by molar-refractivity contribution is 0.0526. The molecule has 0 spiro atoms. The van der Waals surface area contributed by atoms with Crippen LogP contribution in [0, 0.1) is 5.82 Å². The van der Waals surface area contributed by atoms with Crippen LogP contribution in [0.3, 0.4) is 0 Å². The molecule has 5 rings (SSSR count). The lowest BCUT2D eigenvalue weighted by Gasteiger charge is -2.10. The van der Waals surface area contributed by atoms with Crippen LogP contribution < -0.4 is 0 Å². The number of aryl methyl sites for hydroxylation is 1. The molecule has 8 heteroatoms. The van der Waals surface area contributed by atoms with E-state index in [4.69, 9.17) is 16.3 Å². The van der Waals surface area contributed by atoms with Crippen molar-refractivity contribution in [1.29, 1.82) is 0 Å². The number of carbonyl (C=O) groups is 1. The van der Waals surface area contributed by atoms with Gasteiger partial charge in [0.2, 0.25) is 0 Å². The van der Waals surface area contributed by atoms with Gasteiger partial charge in [-0.3, -0.25) is 4.68 Å². The van der Waals surface area contributed by atoms with E-state index in [1.807, 2.05) is 39.7 Å². The van der Waals surface area contributed by atoms with E-state index in [0.717, 1.165) is 52.4 Å². The van der Waals surface area contributed by atoms with E-state index in [1.54, 1.807) is 37.0 Å². The first-order valence-electron chi connectivity index (χ1n) is 11.5. The lowest BCUT2D eigenvalue weighted by Crippen LogP contribution is -2.04. The molecule has 1 saturated carbocycles. The van der Waals surface area contributed by atoms with Crippen LogP contribution in [0.5, 0.6) is 0 Å². The molecule has 0 unspecified atom stereocenters. The number of hydrogen-bond donors (Lipinski definition) is 0. The summed E-state index contributed by atoms with van der Waals surface area (Å²) in [5.41, 5.74) is 2.86. The van der Waals surface area contributed by atoms with Gasteiger partial charge in [-0.1, -0.05) is 36.4 Å². The van der Waals surface area contributed by atoms with Crippen LogP contribution in [0.1, 0.15) is 55.1 Å². The molecule has 0 amide bonds. The summed E-state index contributed by atoms with van der Waals surface area (Å²) >= 11 is 7.78. The molecule has 0 atom stereocenters. The average Bonchev–Trinajstić information content (AvgIpc) is 3.48. The maximum atomic E-state index is 15.5. The second kappa shape index (κ2) is 9.47. The van der Waals surface area contributed by atoms with Crippen molar-refractivity contribution in [3.05, 3.63) is 70.9 Å². The van der Waals surface area contributed by atoms with E-state index in [-0.39, 0.29) is 11.0 Å². The number of ether oxygens (including phenoxy) is 1. The molecule has 0 aliphatic heterocycles. The van der Waals surface area contributed by atoms with Crippen molar-refractivity contribution in [2.24, 2.45) is 0 Å². The van der Waals surface area contributed by atoms with E-state index in [2.05, 4.69) is 12.0 Å². The van der Waals surface area contributed by atoms with Gasteiger partial charge in [0, 0.05) is 39.5 Å². The normalized spacial score (nSPS) is 13.5. The molecule has 1 fully saturated rings. The Labute approximate surface area is 206 Å². The van der Waals surface area contributed by atoms with E-state index < -0.39 is 5.82 Å². The van der Waals surface area contributed by atoms with Gasteiger partial charge in [0.25, 0.3) is 0 Å². The van der Waals surface area contributed by atoms with Crippen molar-refractivity contribution in [2.45, 2.75) is 55.4 Å². The number of nitrogens with zero attached hydrogens (tertiary/aromatic N) is 3. The summed E-state index contributed by atoms with van der Waals surface area (Å²) in [4.78, 5) is 14.1. The summed E-state index contributed by atoms with van der Waals surface area (Å²) in [5.74, 6) is -0.455. The van der Waals surface area contributed by atoms with E-state index in [9.17, 15) is 4.79 Å². The molecule has 0 bridgehead atoms. The monoisotopic (exact) mass is 497 g/mol. The first-order valence-corrected chi connectivity index (χ1v) is 12.7. The average molecular weight is 498 g/mol. The minimum Gasteiger partial charge on any atom is -0.462 e. The minimum atomic E-state index is -0.434. The van der Waals surface area contributed by atoms with E-state index >= 15 is 4.39 Å². The molecule has 4 aromatic rings. The Morgan fingerprint density at radius 1 is 1.26 bits per heavy atom. The molecule has 2 heterocycles. The van der Waals surface area contributed by atoms with Gasteiger partial charge in [-0.25, -0.2) is 9.18 Å². The molecule has 0 saturated heterocycles. The van der Waals surface area contributed by atoms with Gasteiger partial charge in [0.1, 0.15) is 0 Å². The lowest BCUT2D eigenvalue weighted by atomic mass is 10.2. The number of carbonyl (C=O) groups excluding carboxylic acids is 1. The standard InChI is InChI=1S/C26H25ClFN3O2S/c1-3-12-30-15-18(14-29-30)31-23(16-8-9-16)25(20-10-11-21(27)22(28)24(20)31)34-19-7-5-6-17(13-19)26(32)33-4-2/h5-7,10-11,13-16H,3-4,8-9,12H2,1-2H3. The van der Waals surface area contributed by atoms with Gasteiger partial charge in [0.05, 0.1) is 34.6 Å². The third-order valence-electron chi connectivity index (χ3n) is 5.87. The van der Waals surface area contributed by atoms with Gasteiger partial charge < -0.3 is 9.30 Å². The summed E-state index contributed by atoms with van der Waals surface area (Å²) in [5, 5.41) is 5.38. The highest BCUT2D eigenvalue weighted by Gasteiger charge is 2.34. The fourth-order valence-electron chi connectivity index (χ4n) is 4.24. The van der Waals surface area contributed by atoms with Crippen LogP contribution in [-0.4, -0.2) is 26.9 Å². The van der Waals surface area contributed by atoms with Crippen LogP contribution in [0.25, 0.3) is 16.6 Å². The quantitative estimate of drug-likeness (QED) is 0.241. The summed E-state index contributed by atoms with van der Waals surface area (Å²) in [6, 6.07) is 10.9. The van der Waals surface area contributed by atoms with Crippen molar-refractivity contribution >= 4 is 40.2 Å².